The summed E-state index contributed by atoms with van der Waals surface area (Å²) in [5.74, 6) is 0.634. The summed E-state index contributed by atoms with van der Waals surface area (Å²) in [5.41, 5.74) is 6.02. The van der Waals surface area contributed by atoms with Crippen molar-refractivity contribution in [1.82, 2.24) is 15.2 Å². The number of hydrogen-bond donors (Lipinski definition) is 2. The van der Waals surface area contributed by atoms with Crippen molar-refractivity contribution in [1.29, 1.82) is 0 Å². The van der Waals surface area contributed by atoms with Crippen LogP contribution in [0.15, 0.2) is 12.1 Å². The van der Waals surface area contributed by atoms with Crippen molar-refractivity contribution in [2.75, 3.05) is 5.73 Å². The lowest BCUT2D eigenvalue weighted by atomic mass is 10.2. The van der Waals surface area contributed by atoms with E-state index in [0.717, 1.165) is 3.57 Å². The summed E-state index contributed by atoms with van der Waals surface area (Å²) in [5, 5.41) is 7.42. The number of nitrogens with one attached hydrogen (secondary N) is 1. The molecule has 1 aromatic heterocycles. The molecule has 0 unspecified atom stereocenters. The molecule has 0 aliphatic heterocycles. The van der Waals surface area contributed by atoms with Gasteiger partial charge in [-0.15, -0.1) is 5.10 Å². The number of benzene rings is 1. The molecule has 15 heavy (non-hydrogen) atoms. The Labute approximate surface area is 109 Å². The van der Waals surface area contributed by atoms with Gasteiger partial charge in [-0.3, -0.25) is 5.10 Å². The van der Waals surface area contributed by atoms with Crippen molar-refractivity contribution in [2.24, 2.45) is 0 Å². The number of aromatic amines is 1. The number of aromatic nitrogens is 3. The van der Waals surface area contributed by atoms with Crippen LogP contribution in [0.3, 0.4) is 0 Å². The second-order valence-electron chi connectivity index (χ2n) is 2.79. The molecular formula is C8H5Cl2IN4. The predicted octanol–water partition coefficient (Wildman–Crippen LogP) is 2.97. The van der Waals surface area contributed by atoms with E-state index in [1.807, 2.05) is 0 Å². The van der Waals surface area contributed by atoms with Crippen LogP contribution in [-0.4, -0.2) is 15.2 Å². The van der Waals surface area contributed by atoms with Crippen molar-refractivity contribution < 1.29 is 0 Å². The third-order valence-electron chi connectivity index (χ3n) is 1.75. The van der Waals surface area contributed by atoms with E-state index in [1.165, 1.54) is 0 Å². The summed E-state index contributed by atoms with van der Waals surface area (Å²) in [6.45, 7) is 0. The van der Waals surface area contributed by atoms with E-state index in [9.17, 15) is 0 Å². The summed E-state index contributed by atoms with van der Waals surface area (Å²) in [6, 6.07) is 3.59. The van der Waals surface area contributed by atoms with Crippen molar-refractivity contribution in [3.8, 4) is 11.4 Å². The predicted molar refractivity (Wildman–Crippen MR) is 69.0 cm³/mol. The Morgan fingerprint density at radius 2 is 1.87 bits per heavy atom. The van der Waals surface area contributed by atoms with Gasteiger partial charge in [0.15, 0.2) is 5.82 Å². The second-order valence-corrected chi connectivity index (χ2v) is 4.85. The molecule has 3 N–H and O–H groups in total. The van der Waals surface area contributed by atoms with Crippen molar-refractivity contribution in [3.05, 3.63) is 25.7 Å². The molecule has 78 valence electrons. The zero-order valence-corrected chi connectivity index (χ0v) is 10.9. The molecule has 0 atom stereocenters. The van der Waals surface area contributed by atoms with Gasteiger partial charge in [0.25, 0.3) is 0 Å². The molecule has 0 amide bonds. The van der Waals surface area contributed by atoms with Gasteiger partial charge in [-0.25, -0.2) is 0 Å². The van der Waals surface area contributed by atoms with Crippen molar-refractivity contribution in [3.63, 3.8) is 0 Å². The van der Waals surface area contributed by atoms with Gasteiger partial charge in [0, 0.05) is 3.57 Å². The number of nitrogen functional groups attached to an aromatic ring is 1. The third-order valence-corrected chi connectivity index (χ3v) is 2.97. The highest BCUT2D eigenvalue weighted by Crippen LogP contribution is 2.34. The number of hydrogen-bond acceptors (Lipinski definition) is 3. The number of halogens is 3. The van der Waals surface area contributed by atoms with Crippen LogP contribution >= 0.6 is 45.8 Å². The highest BCUT2D eigenvalue weighted by atomic mass is 127. The minimum absolute atomic E-state index is 0.163. The molecule has 0 saturated carbocycles. The van der Waals surface area contributed by atoms with Crippen LogP contribution in [0.25, 0.3) is 11.4 Å². The monoisotopic (exact) mass is 354 g/mol. The molecule has 2 aromatic rings. The van der Waals surface area contributed by atoms with Gasteiger partial charge in [0.05, 0.1) is 15.6 Å². The fourth-order valence-corrected chi connectivity index (χ4v) is 2.81. The Morgan fingerprint density at radius 3 is 2.33 bits per heavy atom. The summed E-state index contributed by atoms with van der Waals surface area (Å²) in [7, 11) is 0. The Balaban J connectivity index is 2.62. The van der Waals surface area contributed by atoms with Crippen LogP contribution < -0.4 is 5.73 Å². The molecule has 2 rings (SSSR count). The SMILES string of the molecule is Nc1n[nH]c(-c2c(Cl)cc(I)cc2Cl)n1. The lowest BCUT2D eigenvalue weighted by Gasteiger charge is -2.03. The Bertz CT molecular complexity index is 488. The van der Waals surface area contributed by atoms with E-state index in [1.54, 1.807) is 12.1 Å². The molecule has 4 nitrogen and oxygen atoms in total. The molecule has 0 saturated heterocycles. The third kappa shape index (κ3) is 2.19. The normalized spacial score (nSPS) is 10.6. The first-order valence-corrected chi connectivity index (χ1v) is 5.74. The lowest BCUT2D eigenvalue weighted by Crippen LogP contribution is -1.87. The average Bonchev–Trinajstić information content (AvgIpc) is 2.49. The maximum atomic E-state index is 6.06. The highest BCUT2D eigenvalue weighted by molar-refractivity contribution is 14.1. The molecule has 1 aromatic carbocycles. The van der Waals surface area contributed by atoms with E-state index < -0.39 is 0 Å². The van der Waals surface area contributed by atoms with Gasteiger partial charge in [-0.05, 0) is 34.7 Å². The fraction of sp³-hybridized carbons (Fsp3) is 0. The van der Waals surface area contributed by atoms with Gasteiger partial charge >= 0.3 is 0 Å². The molecule has 0 bridgehead atoms. The van der Waals surface area contributed by atoms with E-state index in [0.29, 0.717) is 21.4 Å². The minimum Gasteiger partial charge on any atom is -0.366 e. The van der Waals surface area contributed by atoms with E-state index in [2.05, 4.69) is 37.8 Å². The lowest BCUT2D eigenvalue weighted by molar-refractivity contribution is 1.10. The topological polar surface area (TPSA) is 67.6 Å². The highest BCUT2D eigenvalue weighted by Gasteiger charge is 2.13. The molecule has 0 spiro atoms. The van der Waals surface area contributed by atoms with Crippen LogP contribution in [0, 0.1) is 3.57 Å². The number of nitrogens with two attached hydrogens (primary N) is 1. The van der Waals surface area contributed by atoms with Gasteiger partial charge < -0.3 is 5.73 Å². The molecule has 0 aliphatic rings. The second kappa shape index (κ2) is 4.15. The number of H-pyrrole nitrogens is 1. The van der Waals surface area contributed by atoms with Crippen LogP contribution in [0.4, 0.5) is 5.95 Å². The largest absolute Gasteiger partial charge is 0.366 e. The first-order valence-electron chi connectivity index (χ1n) is 3.90. The summed E-state index contributed by atoms with van der Waals surface area (Å²) >= 11 is 14.3. The van der Waals surface area contributed by atoms with Crippen LogP contribution in [0.5, 0.6) is 0 Å². The molecule has 0 fully saturated rings. The fourth-order valence-electron chi connectivity index (χ4n) is 1.16. The van der Waals surface area contributed by atoms with Crippen LogP contribution in [0.2, 0.25) is 10.0 Å². The standard InChI is InChI=1S/C8H5Cl2IN4/c9-4-1-3(11)2-5(10)6(4)7-13-8(12)15-14-7/h1-2H,(H3,12,13,14,15). The smallest absolute Gasteiger partial charge is 0.239 e. The van der Waals surface area contributed by atoms with Gasteiger partial charge in [-0.1, -0.05) is 23.2 Å². The molecule has 0 radical (unpaired) electrons. The summed E-state index contributed by atoms with van der Waals surface area (Å²) in [6.07, 6.45) is 0. The number of anilines is 1. The van der Waals surface area contributed by atoms with E-state index >= 15 is 0 Å². The Kier molecular flexibility index (Phi) is 3.03. The minimum atomic E-state index is 0.163. The molecule has 0 aliphatic carbocycles. The zero-order valence-electron chi connectivity index (χ0n) is 7.26. The van der Waals surface area contributed by atoms with Crippen LogP contribution in [-0.2, 0) is 0 Å². The van der Waals surface area contributed by atoms with E-state index in [-0.39, 0.29) is 5.95 Å². The Morgan fingerprint density at radius 1 is 1.27 bits per heavy atom. The van der Waals surface area contributed by atoms with Gasteiger partial charge in [0.2, 0.25) is 5.95 Å². The summed E-state index contributed by atoms with van der Waals surface area (Å²) in [4.78, 5) is 3.97. The van der Waals surface area contributed by atoms with E-state index in [4.69, 9.17) is 28.9 Å². The van der Waals surface area contributed by atoms with Crippen molar-refractivity contribution >= 4 is 51.7 Å². The van der Waals surface area contributed by atoms with Crippen molar-refractivity contribution in [2.45, 2.75) is 0 Å². The first kappa shape index (κ1) is 11.0. The van der Waals surface area contributed by atoms with Gasteiger partial charge in [0.1, 0.15) is 0 Å². The zero-order chi connectivity index (χ0) is 11.0. The van der Waals surface area contributed by atoms with Crippen LogP contribution in [0.1, 0.15) is 0 Å². The number of nitrogens with zero attached hydrogens (tertiary/aromatic N) is 2. The number of rotatable bonds is 1. The molecule has 1 heterocycles. The molecule has 7 heteroatoms. The van der Waals surface area contributed by atoms with Gasteiger partial charge in [-0.2, -0.15) is 4.98 Å². The first-order chi connectivity index (χ1) is 7.08. The average molecular weight is 355 g/mol. The summed E-state index contributed by atoms with van der Waals surface area (Å²) < 4.78 is 0.957. The quantitative estimate of drug-likeness (QED) is 0.773. The molecular weight excluding hydrogens is 350 g/mol. The maximum Gasteiger partial charge on any atom is 0.239 e. The maximum absolute atomic E-state index is 6.06. The Hall–Kier alpha value is -0.530.